The Kier molecular flexibility index (Phi) is 3.92. The van der Waals surface area contributed by atoms with Gasteiger partial charge in [-0.3, -0.25) is 0 Å². The molecule has 0 N–H and O–H groups in total. The van der Waals surface area contributed by atoms with Crippen molar-refractivity contribution < 1.29 is 4.74 Å². The van der Waals surface area contributed by atoms with E-state index >= 15 is 0 Å². The van der Waals surface area contributed by atoms with E-state index in [1.54, 1.807) is 0 Å². The first-order valence-corrected chi connectivity index (χ1v) is 4.89. The summed E-state index contributed by atoms with van der Waals surface area (Å²) in [6.07, 6.45) is 9.18. The number of allylic oxidation sites excluding steroid dienone is 4. The number of hydrogen-bond acceptors (Lipinski definition) is 1. The zero-order valence-electron chi connectivity index (χ0n) is 8.10. The Morgan fingerprint density at radius 2 is 2.25 bits per heavy atom. The van der Waals surface area contributed by atoms with E-state index in [9.17, 15) is 0 Å². The van der Waals surface area contributed by atoms with Crippen molar-refractivity contribution in [2.24, 2.45) is 0 Å². The molecule has 0 fully saturated rings. The van der Waals surface area contributed by atoms with Gasteiger partial charge in [0.2, 0.25) is 0 Å². The van der Waals surface area contributed by atoms with Crippen molar-refractivity contribution in [3.05, 3.63) is 23.5 Å². The van der Waals surface area contributed by atoms with Crippen LogP contribution in [0.4, 0.5) is 0 Å². The fourth-order valence-corrected chi connectivity index (χ4v) is 1.50. The normalized spacial score (nSPS) is 16.8. The molecule has 0 aliphatic heterocycles. The summed E-state index contributed by atoms with van der Waals surface area (Å²) in [5.41, 5.74) is 1.45. The molecule has 0 bridgehead atoms. The van der Waals surface area contributed by atoms with E-state index in [1.165, 1.54) is 24.2 Å². The quantitative estimate of drug-likeness (QED) is 0.621. The van der Waals surface area contributed by atoms with Gasteiger partial charge in [0.15, 0.2) is 0 Å². The van der Waals surface area contributed by atoms with Crippen LogP contribution in [0.3, 0.4) is 0 Å². The largest absolute Gasteiger partial charge is 0.498 e. The SMILES string of the molecule is CCCC1=CCCC(OCC)=C1. The number of ether oxygens (including phenoxy) is 1. The molecule has 0 saturated carbocycles. The molecule has 0 unspecified atom stereocenters. The minimum absolute atomic E-state index is 0.797. The minimum Gasteiger partial charge on any atom is -0.498 e. The summed E-state index contributed by atoms with van der Waals surface area (Å²) in [6, 6.07) is 0. The van der Waals surface area contributed by atoms with Crippen LogP contribution in [0.25, 0.3) is 0 Å². The van der Waals surface area contributed by atoms with E-state index in [0.29, 0.717) is 0 Å². The molecule has 0 aromatic carbocycles. The van der Waals surface area contributed by atoms with Crippen molar-refractivity contribution in [3.63, 3.8) is 0 Å². The van der Waals surface area contributed by atoms with Gasteiger partial charge in [0, 0.05) is 6.42 Å². The number of hydrogen-bond donors (Lipinski definition) is 0. The number of rotatable bonds is 4. The Balaban J connectivity index is 2.48. The third kappa shape index (κ3) is 2.72. The average Bonchev–Trinajstić information content (AvgIpc) is 2.06. The molecule has 0 atom stereocenters. The summed E-state index contributed by atoms with van der Waals surface area (Å²) < 4.78 is 5.48. The van der Waals surface area contributed by atoms with Crippen molar-refractivity contribution in [1.82, 2.24) is 0 Å². The van der Waals surface area contributed by atoms with Gasteiger partial charge in [0.05, 0.1) is 12.4 Å². The summed E-state index contributed by atoms with van der Waals surface area (Å²) in [5, 5.41) is 0. The van der Waals surface area contributed by atoms with E-state index in [4.69, 9.17) is 4.74 Å². The fraction of sp³-hybridized carbons (Fsp3) is 0.636. The summed E-state index contributed by atoms with van der Waals surface area (Å²) in [4.78, 5) is 0. The van der Waals surface area contributed by atoms with Crippen LogP contribution in [0.1, 0.15) is 39.5 Å². The highest BCUT2D eigenvalue weighted by Gasteiger charge is 2.04. The molecule has 0 spiro atoms. The third-order valence-electron chi connectivity index (χ3n) is 2.01. The molecule has 0 amide bonds. The topological polar surface area (TPSA) is 9.23 Å². The van der Waals surface area contributed by atoms with Crippen LogP contribution in [-0.4, -0.2) is 6.61 Å². The first kappa shape index (κ1) is 9.37. The molecule has 1 rings (SSSR count). The lowest BCUT2D eigenvalue weighted by Crippen LogP contribution is -1.97. The summed E-state index contributed by atoms with van der Waals surface area (Å²) >= 11 is 0. The van der Waals surface area contributed by atoms with Crippen LogP contribution in [0, 0.1) is 0 Å². The first-order valence-electron chi connectivity index (χ1n) is 4.89. The minimum atomic E-state index is 0.797. The third-order valence-corrected chi connectivity index (χ3v) is 2.01. The monoisotopic (exact) mass is 166 g/mol. The molecular formula is C11H18O. The van der Waals surface area contributed by atoms with Crippen LogP contribution in [-0.2, 0) is 4.74 Å². The summed E-state index contributed by atoms with van der Waals surface area (Å²) in [5.74, 6) is 1.17. The molecule has 0 heterocycles. The molecule has 1 aliphatic carbocycles. The van der Waals surface area contributed by atoms with Gasteiger partial charge >= 0.3 is 0 Å². The van der Waals surface area contributed by atoms with Crippen LogP contribution >= 0.6 is 0 Å². The maximum atomic E-state index is 5.48. The second kappa shape index (κ2) is 5.02. The molecule has 0 aromatic rings. The Hall–Kier alpha value is -0.720. The molecule has 0 aromatic heterocycles. The van der Waals surface area contributed by atoms with Gasteiger partial charge in [0.25, 0.3) is 0 Å². The van der Waals surface area contributed by atoms with Crippen molar-refractivity contribution in [1.29, 1.82) is 0 Å². The standard InChI is InChI=1S/C11H18O/c1-3-6-10-7-5-8-11(9-10)12-4-2/h7,9H,3-6,8H2,1-2H3. The summed E-state index contributed by atoms with van der Waals surface area (Å²) in [7, 11) is 0. The van der Waals surface area contributed by atoms with Gasteiger partial charge in [0.1, 0.15) is 0 Å². The maximum Gasteiger partial charge on any atom is 0.0965 e. The zero-order chi connectivity index (χ0) is 8.81. The van der Waals surface area contributed by atoms with Crippen molar-refractivity contribution in [2.75, 3.05) is 6.61 Å². The van der Waals surface area contributed by atoms with Crippen molar-refractivity contribution >= 4 is 0 Å². The van der Waals surface area contributed by atoms with Gasteiger partial charge in [-0.1, -0.05) is 19.4 Å². The van der Waals surface area contributed by atoms with E-state index < -0.39 is 0 Å². The lowest BCUT2D eigenvalue weighted by Gasteiger charge is -2.13. The van der Waals surface area contributed by atoms with Gasteiger partial charge in [-0.05, 0) is 31.4 Å². The molecule has 68 valence electrons. The second-order valence-electron chi connectivity index (χ2n) is 3.11. The lowest BCUT2D eigenvalue weighted by atomic mass is 10.0. The highest BCUT2D eigenvalue weighted by Crippen LogP contribution is 2.20. The predicted octanol–water partition coefficient (Wildman–Crippen LogP) is 3.43. The van der Waals surface area contributed by atoms with E-state index in [0.717, 1.165) is 19.4 Å². The van der Waals surface area contributed by atoms with Crippen LogP contribution in [0.2, 0.25) is 0 Å². The Morgan fingerprint density at radius 1 is 1.42 bits per heavy atom. The fourth-order valence-electron chi connectivity index (χ4n) is 1.50. The smallest absolute Gasteiger partial charge is 0.0965 e. The Morgan fingerprint density at radius 3 is 2.92 bits per heavy atom. The van der Waals surface area contributed by atoms with Gasteiger partial charge in [-0.2, -0.15) is 0 Å². The van der Waals surface area contributed by atoms with Crippen LogP contribution < -0.4 is 0 Å². The first-order chi connectivity index (χ1) is 5.86. The summed E-state index contributed by atoms with van der Waals surface area (Å²) in [6.45, 7) is 5.05. The molecule has 0 saturated heterocycles. The highest BCUT2D eigenvalue weighted by molar-refractivity contribution is 5.25. The molecular weight excluding hydrogens is 148 g/mol. The molecule has 1 nitrogen and oxygen atoms in total. The van der Waals surface area contributed by atoms with E-state index in [1.807, 2.05) is 6.92 Å². The Labute approximate surface area is 75.1 Å². The second-order valence-corrected chi connectivity index (χ2v) is 3.11. The Bertz CT molecular complexity index is 189. The van der Waals surface area contributed by atoms with Crippen molar-refractivity contribution in [3.8, 4) is 0 Å². The highest BCUT2D eigenvalue weighted by atomic mass is 16.5. The average molecular weight is 166 g/mol. The van der Waals surface area contributed by atoms with Gasteiger partial charge in [-0.25, -0.2) is 0 Å². The van der Waals surface area contributed by atoms with E-state index in [-0.39, 0.29) is 0 Å². The predicted molar refractivity (Wildman–Crippen MR) is 51.9 cm³/mol. The molecule has 1 heteroatoms. The molecule has 0 radical (unpaired) electrons. The molecule has 12 heavy (non-hydrogen) atoms. The van der Waals surface area contributed by atoms with Gasteiger partial charge < -0.3 is 4.74 Å². The molecule has 1 aliphatic rings. The van der Waals surface area contributed by atoms with Gasteiger partial charge in [-0.15, -0.1) is 0 Å². The van der Waals surface area contributed by atoms with Crippen LogP contribution in [0.5, 0.6) is 0 Å². The van der Waals surface area contributed by atoms with Crippen LogP contribution in [0.15, 0.2) is 23.5 Å². The van der Waals surface area contributed by atoms with Crippen molar-refractivity contribution in [2.45, 2.75) is 39.5 Å². The lowest BCUT2D eigenvalue weighted by molar-refractivity contribution is 0.217. The maximum absolute atomic E-state index is 5.48. The zero-order valence-corrected chi connectivity index (χ0v) is 8.10. The van der Waals surface area contributed by atoms with E-state index in [2.05, 4.69) is 19.1 Å².